The van der Waals surface area contributed by atoms with Gasteiger partial charge >= 0.3 is 5.97 Å². The molecule has 0 radical (unpaired) electrons. The highest BCUT2D eigenvalue weighted by atomic mass is 16.4. The zero-order valence-corrected chi connectivity index (χ0v) is 8.39. The van der Waals surface area contributed by atoms with E-state index in [9.17, 15) is 4.79 Å². The fourth-order valence-corrected chi connectivity index (χ4v) is 1.10. The molecule has 0 fully saturated rings. The second kappa shape index (κ2) is 5.48. The van der Waals surface area contributed by atoms with Crippen molar-refractivity contribution in [2.75, 3.05) is 6.61 Å². The Hall–Kier alpha value is -1.39. The molecule has 0 saturated carbocycles. The molecule has 0 saturated heterocycles. The molecule has 1 aromatic carbocycles. The predicted octanol–water partition coefficient (Wildman–Crippen LogP) is 0.372. The molecule has 0 aromatic heterocycles. The number of carboxylic acids is 1. The second-order valence-electron chi connectivity index (χ2n) is 3.40. The van der Waals surface area contributed by atoms with E-state index in [1.54, 1.807) is 0 Å². The standard InChI is InChI=1S/C7H6.C4H9NO3/c1-2-4-7-5-6(7)3-1;5-3(1-2-6)4(7)8/h1-4H,5H2;3,6H,1-2,5H2,(H,7,8). The van der Waals surface area contributed by atoms with Gasteiger partial charge in [0.25, 0.3) is 0 Å². The minimum absolute atomic E-state index is 0.120. The number of hydrogen-bond acceptors (Lipinski definition) is 3. The Kier molecular flexibility index (Phi) is 4.27. The third-order valence-electron chi connectivity index (χ3n) is 2.13. The normalized spacial score (nSPS) is 13.2. The van der Waals surface area contributed by atoms with Gasteiger partial charge in [-0.2, -0.15) is 0 Å². The van der Waals surface area contributed by atoms with E-state index in [4.69, 9.17) is 15.9 Å². The van der Waals surface area contributed by atoms with E-state index in [1.165, 1.54) is 17.5 Å². The fourth-order valence-electron chi connectivity index (χ4n) is 1.10. The van der Waals surface area contributed by atoms with Crippen molar-refractivity contribution >= 4 is 5.97 Å². The molecule has 0 aliphatic heterocycles. The Morgan fingerprint density at radius 2 is 1.93 bits per heavy atom. The van der Waals surface area contributed by atoms with Gasteiger partial charge in [0.2, 0.25) is 0 Å². The van der Waals surface area contributed by atoms with Crippen LogP contribution >= 0.6 is 0 Å². The lowest BCUT2D eigenvalue weighted by Gasteiger charge is -2.00. The summed E-state index contributed by atoms with van der Waals surface area (Å²) in [6.07, 6.45) is 1.36. The molecule has 2 rings (SSSR count). The van der Waals surface area contributed by atoms with Gasteiger partial charge in [-0.1, -0.05) is 24.3 Å². The van der Waals surface area contributed by atoms with E-state index in [0.717, 1.165) is 0 Å². The van der Waals surface area contributed by atoms with Crippen LogP contribution < -0.4 is 5.73 Å². The first-order valence-electron chi connectivity index (χ1n) is 4.81. The molecule has 82 valence electrons. The Labute approximate surface area is 88.3 Å². The zero-order chi connectivity index (χ0) is 11.3. The topological polar surface area (TPSA) is 83.5 Å². The Balaban J connectivity index is 0.000000150. The first-order chi connectivity index (χ1) is 7.15. The van der Waals surface area contributed by atoms with Crippen molar-refractivity contribution in [3.05, 3.63) is 35.4 Å². The lowest BCUT2D eigenvalue weighted by molar-refractivity contribution is -0.138. The van der Waals surface area contributed by atoms with Crippen molar-refractivity contribution in [1.29, 1.82) is 0 Å². The Morgan fingerprint density at radius 1 is 1.40 bits per heavy atom. The summed E-state index contributed by atoms with van der Waals surface area (Å²) in [4.78, 5) is 9.85. The number of carbonyl (C=O) groups is 1. The molecule has 0 spiro atoms. The summed E-state index contributed by atoms with van der Waals surface area (Å²) in [6.45, 7) is -0.173. The number of hydrogen-bond donors (Lipinski definition) is 3. The molecule has 4 N–H and O–H groups in total. The van der Waals surface area contributed by atoms with Gasteiger partial charge in [0.1, 0.15) is 6.04 Å². The predicted molar refractivity (Wildman–Crippen MR) is 56.6 cm³/mol. The van der Waals surface area contributed by atoms with Crippen LogP contribution in [-0.2, 0) is 11.2 Å². The van der Waals surface area contributed by atoms with Gasteiger partial charge in [-0.05, 0) is 24.0 Å². The molecule has 1 atom stereocenters. The van der Waals surface area contributed by atoms with Crippen LogP contribution in [0.2, 0.25) is 0 Å². The van der Waals surface area contributed by atoms with Crippen LogP contribution in [-0.4, -0.2) is 28.8 Å². The molecule has 1 aliphatic rings. The van der Waals surface area contributed by atoms with Crippen LogP contribution in [0.3, 0.4) is 0 Å². The van der Waals surface area contributed by atoms with E-state index >= 15 is 0 Å². The summed E-state index contributed by atoms with van der Waals surface area (Å²) in [6, 6.07) is 7.61. The lowest BCUT2D eigenvalue weighted by Crippen LogP contribution is -2.30. The van der Waals surface area contributed by atoms with Crippen molar-refractivity contribution in [3.63, 3.8) is 0 Å². The van der Waals surface area contributed by atoms with Crippen LogP contribution in [0.1, 0.15) is 17.5 Å². The monoisotopic (exact) mass is 209 g/mol. The van der Waals surface area contributed by atoms with Crippen LogP contribution in [0.15, 0.2) is 24.3 Å². The van der Waals surface area contributed by atoms with Crippen molar-refractivity contribution in [3.8, 4) is 0 Å². The van der Waals surface area contributed by atoms with Crippen molar-refractivity contribution in [2.45, 2.75) is 18.9 Å². The minimum atomic E-state index is -1.07. The summed E-state index contributed by atoms with van der Waals surface area (Å²) in [5.74, 6) is -1.07. The summed E-state index contributed by atoms with van der Waals surface area (Å²) < 4.78 is 0. The van der Waals surface area contributed by atoms with Crippen molar-refractivity contribution in [2.24, 2.45) is 5.73 Å². The van der Waals surface area contributed by atoms with E-state index in [1.807, 2.05) is 0 Å². The molecule has 1 unspecified atom stereocenters. The Morgan fingerprint density at radius 3 is 2.20 bits per heavy atom. The molecular formula is C11H15NO3. The van der Waals surface area contributed by atoms with E-state index in [0.29, 0.717) is 0 Å². The largest absolute Gasteiger partial charge is 0.480 e. The van der Waals surface area contributed by atoms with E-state index in [-0.39, 0.29) is 13.0 Å². The average Bonchev–Trinajstić information content (AvgIpc) is 2.97. The summed E-state index contributed by atoms with van der Waals surface area (Å²) in [5.41, 5.74) is 8.03. The number of aliphatic carboxylic acids is 1. The molecular weight excluding hydrogens is 194 g/mol. The first-order valence-corrected chi connectivity index (χ1v) is 4.81. The number of rotatable bonds is 3. The van der Waals surface area contributed by atoms with E-state index < -0.39 is 12.0 Å². The number of carboxylic acid groups (broad SMARTS) is 1. The average molecular weight is 209 g/mol. The number of fused-ring (bicyclic) bond motifs is 1. The zero-order valence-electron chi connectivity index (χ0n) is 8.39. The summed E-state index contributed by atoms with van der Waals surface area (Å²) in [7, 11) is 0. The third-order valence-corrected chi connectivity index (χ3v) is 2.13. The molecule has 0 heterocycles. The number of aliphatic hydroxyl groups is 1. The number of aliphatic hydroxyl groups excluding tert-OH is 1. The van der Waals surface area contributed by atoms with E-state index in [2.05, 4.69) is 24.3 Å². The molecule has 0 bridgehead atoms. The van der Waals surface area contributed by atoms with Gasteiger partial charge in [-0.15, -0.1) is 0 Å². The van der Waals surface area contributed by atoms with Gasteiger partial charge in [0, 0.05) is 6.61 Å². The summed E-state index contributed by atoms with van der Waals surface area (Å²) in [5, 5.41) is 16.2. The molecule has 0 amide bonds. The van der Waals surface area contributed by atoms with Crippen LogP contribution in [0.4, 0.5) is 0 Å². The number of benzene rings is 1. The number of nitrogens with two attached hydrogens (primary N) is 1. The molecule has 4 heteroatoms. The van der Waals surface area contributed by atoms with Gasteiger partial charge in [-0.25, -0.2) is 0 Å². The maximum Gasteiger partial charge on any atom is 0.320 e. The maximum atomic E-state index is 9.85. The van der Waals surface area contributed by atoms with Crippen LogP contribution in [0.5, 0.6) is 0 Å². The van der Waals surface area contributed by atoms with Gasteiger partial charge in [-0.3, -0.25) is 4.79 Å². The van der Waals surface area contributed by atoms with Gasteiger partial charge in [0.15, 0.2) is 0 Å². The maximum absolute atomic E-state index is 9.85. The molecule has 1 aromatic rings. The SMILES string of the molecule is NC(CCO)C(=O)O.c1ccc2c(c1)C2. The minimum Gasteiger partial charge on any atom is -0.480 e. The van der Waals surface area contributed by atoms with Crippen molar-refractivity contribution < 1.29 is 15.0 Å². The Bertz CT molecular complexity index is 317. The highest BCUT2D eigenvalue weighted by Gasteiger charge is 2.12. The second-order valence-corrected chi connectivity index (χ2v) is 3.40. The lowest BCUT2D eigenvalue weighted by atomic mass is 10.2. The quantitative estimate of drug-likeness (QED) is 0.682. The fraction of sp³-hybridized carbons (Fsp3) is 0.364. The first kappa shape index (κ1) is 11.7. The van der Waals surface area contributed by atoms with Gasteiger partial charge < -0.3 is 15.9 Å². The highest BCUT2D eigenvalue weighted by Crippen LogP contribution is 2.25. The molecule has 1 aliphatic carbocycles. The van der Waals surface area contributed by atoms with Gasteiger partial charge in [0.05, 0.1) is 0 Å². The molecule has 15 heavy (non-hydrogen) atoms. The summed E-state index contributed by atoms with van der Waals surface area (Å²) >= 11 is 0. The third kappa shape index (κ3) is 4.10. The molecule has 4 nitrogen and oxygen atoms in total. The van der Waals surface area contributed by atoms with Crippen LogP contribution in [0, 0.1) is 0 Å². The van der Waals surface area contributed by atoms with Crippen molar-refractivity contribution in [1.82, 2.24) is 0 Å². The van der Waals surface area contributed by atoms with Crippen LogP contribution in [0.25, 0.3) is 0 Å². The highest BCUT2D eigenvalue weighted by molar-refractivity contribution is 5.72. The smallest absolute Gasteiger partial charge is 0.320 e.